The van der Waals surface area contributed by atoms with E-state index in [4.69, 9.17) is 21.1 Å². The third-order valence-corrected chi connectivity index (χ3v) is 5.04. The van der Waals surface area contributed by atoms with Crippen molar-refractivity contribution in [3.05, 3.63) is 64.9 Å². The first-order valence-corrected chi connectivity index (χ1v) is 9.56. The lowest BCUT2D eigenvalue weighted by Gasteiger charge is -2.41. The number of carbonyl (C=O) groups is 1. The SMILES string of the molecule is COCC1CN(C(=O)COc2ccc(Cl)cc2)CCN1Cc1ccc(F)cc1. The molecular formula is C21H24ClFN2O3. The van der Waals surface area contributed by atoms with Crippen molar-refractivity contribution < 1.29 is 18.7 Å². The molecule has 2 aromatic rings. The zero-order valence-corrected chi connectivity index (χ0v) is 16.6. The van der Waals surface area contributed by atoms with Crippen LogP contribution in [-0.2, 0) is 16.1 Å². The first-order chi connectivity index (χ1) is 13.5. The highest BCUT2D eigenvalue weighted by molar-refractivity contribution is 6.30. The summed E-state index contributed by atoms with van der Waals surface area (Å²) in [4.78, 5) is 16.6. The molecule has 1 aliphatic rings. The number of hydrogen-bond acceptors (Lipinski definition) is 4. The summed E-state index contributed by atoms with van der Waals surface area (Å²) in [5, 5.41) is 0.623. The van der Waals surface area contributed by atoms with E-state index in [0.717, 1.165) is 12.1 Å². The molecule has 1 fully saturated rings. The monoisotopic (exact) mass is 406 g/mol. The van der Waals surface area contributed by atoms with Gasteiger partial charge in [-0.1, -0.05) is 23.7 Å². The van der Waals surface area contributed by atoms with Gasteiger partial charge in [0.1, 0.15) is 11.6 Å². The third-order valence-electron chi connectivity index (χ3n) is 4.79. The van der Waals surface area contributed by atoms with Crippen LogP contribution in [0.3, 0.4) is 0 Å². The first-order valence-electron chi connectivity index (χ1n) is 9.18. The summed E-state index contributed by atoms with van der Waals surface area (Å²) >= 11 is 5.86. The van der Waals surface area contributed by atoms with Gasteiger partial charge in [0.25, 0.3) is 5.91 Å². The molecule has 150 valence electrons. The van der Waals surface area contributed by atoms with Crippen LogP contribution >= 0.6 is 11.6 Å². The maximum absolute atomic E-state index is 13.1. The lowest BCUT2D eigenvalue weighted by atomic mass is 10.1. The normalized spacial score (nSPS) is 17.5. The molecule has 0 saturated carbocycles. The Hall–Kier alpha value is -2.15. The summed E-state index contributed by atoms with van der Waals surface area (Å²) in [7, 11) is 1.65. The molecule has 5 nitrogen and oxygen atoms in total. The van der Waals surface area contributed by atoms with Crippen LogP contribution in [0.4, 0.5) is 4.39 Å². The summed E-state index contributed by atoms with van der Waals surface area (Å²) in [6.45, 7) is 3.10. The van der Waals surface area contributed by atoms with Gasteiger partial charge in [0, 0.05) is 38.3 Å². The highest BCUT2D eigenvalue weighted by atomic mass is 35.5. The number of carbonyl (C=O) groups excluding carboxylic acids is 1. The summed E-state index contributed by atoms with van der Waals surface area (Å²) < 4.78 is 24.0. The van der Waals surface area contributed by atoms with Crippen LogP contribution in [0.15, 0.2) is 48.5 Å². The predicted octanol–water partition coefficient (Wildman–Crippen LogP) is 3.22. The Morgan fingerprint density at radius 2 is 1.86 bits per heavy atom. The van der Waals surface area contributed by atoms with Crippen molar-refractivity contribution in [1.29, 1.82) is 0 Å². The van der Waals surface area contributed by atoms with Crippen molar-refractivity contribution in [2.24, 2.45) is 0 Å². The first kappa shape index (κ1) is 20.6. The van der Waals surface area contributed by atoms with E-state index >= 15 is 0 Å². The standard InChI is InChI=1S/C21H24ClFN2O3/c1-27-14-19-13-25(21(26)15-28-20-8-4-17(22)5-9-20)11-10-24(19)12-16-2-6-18(23)7-3-16/h2-9,19H,10-15H2,1H3. The van der Waals surface area contributed by atoms with Gasteiger partial charge >= 0.3 is 0 Å². The molecule has 1 unspecified atom stereocenters. The molecule has 0 bridgehead atoms. The van der Waals surface area contributed by atoms with Crippen molar-refractivity contribution in [2.75, 3.05) is 40.0 Å². The fourth-order valence-electron chi connectivity index (χ4n) is 3.27. The van der Waals surface area contributed by atoms with Gasteiger partial charge in [-0.3, -0.25) is 9.69 Å². The maximum atomic E-state index is 13.1. The lowest BCUT2D eigenvalue weighted by molar-refractivity contribution is -0.137. The molecule has 1 atom stereocenters. The van der Waals surface area contributed by atoms with Crippen molar-refractivity contribution >= 4 is 17.5 Å². The number of benzene rings is 2. The van der Waals surface area contributed by atoms with Gasteiger partial charge in [-0.25, -0.2) is 4.39 Å². The van der Waals surface area contributed by atoms with E-state index in [0.29, 0.717) is 37.0 Å². The fourth-order valence-corrected chi connectivity index (χ4v) is 3.40. The Kier molecular flexibility index (Phi) is 7.25. The van der Waals surface area contributed by atoms with Crippen LogP contribution in [0, 0.1) is 5.82 Å². The minimum atomic E-state index is -0.242. The number of methoxy groups -OCH3 is 1. The molecule has 1 aliphatic heterocycles. The average molecular weight is 407 g/mol. The summed E-state index contributed by atoms with van der Waals surface area (Å²) in [5.41, 5.74) is 1.04. The minimum Gasteiger partial charge on any atom is -0.484 e. The number of rotatable bonds is 7. The van der Waals surface area contributed by atoms with E-state index in [9.17, 15) is 9.18 Å². The van der Waals surface area contributed by atoms with E-state index in [2.05, 4.69) is 4.90 Å². The van der Waals surface area contributed by atoms with E-state index in [1.807, 2.05) is 0 Å². The number of nitrogens with zero attached hydrogens (tertiary/aromatic N) is 2. The highest BCUT2D eigenvalue weighted by Crippen LogP contribution is 2.17. The highest BCUT2D eigenvalue weighted by Gasteiger charge is 2.29. The van der Waals surface area contributed by atoms with Crippen LogP contribution in [0.25, 0.3) is 0 Å². The Morgan fingerprint density at radius 3 is 2.54 bits per heavy atom. The largest absolute Gasteiger partial charge is 0.484 e. The van der Waals surface area contributed by atoms with Gasteiger partial charge in [0.15, 0.2) is 6.61 Å². The topological polar surface area (TPSA) is 42.0 Å². The smallest absolute Gasteiger partial charge is 0.260 e. The van der Waals surface area contributed by atoms with Crippen LogP contribution in [-0.4, -0.2) is 61.7 Å². The number of amides is 1. The molecule has 7 heteroatoms. The molecule has 1 heterocycles. The number of hydrogen-bond donors (Lipinski definition) is 0. The van der Waals surface area contributed by atoms with Gasteiger partial charge in [0.2, 0.25) is 0 Å². The Labute approximate surface area is 169 Å². The molecule has 2 aromatic carbocycles. The zero-order chi connectivity index (χ0) is 19.9. The second kappa shape index (κ2) is 9.87. The van der Waals surface area contributed by atoms with Gasteiger partial charge < -0.3 is 14.4 Å². The average Bonchev–Trinajstić information content (AvgIpc) is 2.70. The molecule has 0 spiro atoms. The summed E-state index contributed by atoms with van der Waals surface area (Å²) in [6, 6.07) is 13.5. The van der Waals surface area contributed by atoms with Gasteiger partial charge in [-0.05, 0) is 42.0 Å². The second-order valence-corrected chi connectivity index (χ2v) is 7.22. The molecule has 1 amide bonds. The van der Waals surface area contributed by atoms with Crippen molar-refractivity contribution in [2.45, 2.75) is 12.6 Å². The number of piperazine rings is 1. The summed E-state index contributed by atoms with van der Waals surface area (Å²) in [6.07, 6.45) is 0. The Morgan fingerprint density at radius 1 is 1.14 bits per heavy atom. The second-order valence-electron chi connectivity index (χ2n) is 6.79. The quantitative estimate of drug-likeness (QED) is 0.708. The Balaban J connectivity index is 1.55. The van der Waals surface area contributed by atoms with Crippen molar-refractivity contribution in [3.8, 4) is 5.75 Å². The molecule has 1 saturated heterocycles. The van der Waals surface area contributed by atoms with Crippen LogP contribution in [0.2, 0.25) is 5.02 Å². The minimum absolute atomic E-state index is 0.0146. The van der Waals surface area contributed by atoms with Crippen molar-refractivity contribution in [3.63, 3.8) is 0 Å². The molecule has 0 aliphatic carbocycles. The lowest BCUT2D eigenvalue weighted by Crippen LogP contribution is -2.56. The number of ether oxygens (including phenoxy) is 2. The van der Waals surface area contributed by atoms with Crippen LogP contribution < -0.4 is 4.74 Å². The third kappa shape index (κ3) is 5.67. The van der Waals surface area contributed by atoms with E-state index < -0.39 is 0 Å². The fraction of sp³-hybridized carbons (Fsp3) is 0.381. The van der Waals surface area contributed by atoms with Gasteiger partial charge in [0.05, 0.1) is 12.6 Å². The molecule has 0 N–H and O–H groups in total. The molecule has 0 radical (unpaired) electrons. The van der Waals surface area contributed by atoms with Crippen LogP contribution in [0.1, 0.15) is 5.56 Å². The van der Waals surface area contributed by atoms with Gasteiger partial charge in [-0.2, -0.15) is 0 Å². The van der Waals surface area contributed by atoms with Crippen LogP contribution in [0.5, 0.6) is 5.75 Å². The van der Waals surface area contributed by atoms with E-state index in [1.54, 1.807) is 48.4 Å². The predicted molar refractivity (Wildman–Crippen MR) is 106 cm³/mol. The summed E-state index contributed by atoms with van der Waals surface area (Å²) in [5.74, 6) is 0.312. The molecular weight excluding hydrogens is 383 g/mol. The van der Waals surface area contributed by atoms with E-state index in [-0.39, 0.29) is 24.4 Å². The van der Waals surface area contributed by atoms with Gasteiger partial charge in [-0.15, -0.1) is 0 Å². The Bertz CT molecular complexity index is 770. The molecule has 28 heavy (non-hydrogen) atoms. The molecule has 3 rings (SSSR count). The van der Waals surface area contributed by atoms with Crippen molar-refractivity contribution in [1.82, 2.24) is 9.80 Å². The zero-order valence-electron chi connectivity index (χ0n) is 15.8. The molecule has 0 aromatic heterocycles. The maximum Gasteiger partial charge on any atom is 0.260 e. The number of halogens is 2. The van der Waals surface area contributed by atoms with E-state index in [1.165, 1.54) is 12.1 Å².